The van der Waals surface area contributed by atoms with Gasteiger partial charge in [0, 0.05) is 42.7 Å². The number of halogens is 10. The van der Waals surface area contributed by atoms with Crippen LogP contribution in [0.2, 0.25) is 0 Å². The topological polar surface area (TPSA) is 197 Å². The van der Waals surface area contributed by atoms with E-state index < -0.39 is 114 Å². The van der Waals surface area contributed by atoms with Gasteiger partial charge in [0.05, 0.1) is 31.2 Å². The second kappa shape index (κ2) is 18.9. The molecule has 0 aromatic heterocycles. The summed E-state index contributed by atoms with van der Waals surface area (Å²) in [5.74, 6) is -6.01. The number of allylic oxidation sites excluding steroid dienone is 1. The molecule has 1 aromatic carbocycles. The average Bonchev–Trinajstić information content (AvgIpc) is 3.04. The van der Waals surface area contributed by atoms with Gasteiger partial charge >= 0.3 is 31.1 Å². The van der Waals surface area contributed by atoms with Gasteiger partial charge in [-0.2, -0.15) is 35.1 Å². The Labute approximate surface area is 301 Å². The minimum absolute atomic E-state index is 0.390. The molecule has 1 aromatic rings. The van der Waals surface area contributed by atoms with E-state index in [9.17, 15) is 59.4 Å². The number of nitrogens with zero attached hydrogens (tertiary/aromatic N) is 2. The third-order valence-corrected chi connectivity index (χ3v) is 7.81. The summed E-state index contributed by atoms with van der Waals surface area (Å²) in [6, 6.07) is -3.63. The first kappa shape index (κ1) is 47.2. The van der Waals surface area contributed by atoms with Crippen LogP contribution < -0.4 is 27.1 Å². The minimum atomic E-state index is -5.18. The van der Waals surface area contributed by atoms with Crippen LogP contribution in [0.3, 0.4) is 0 Å². The molecule has 0 saturated heterocycles. The number of alkyl halides is 8. The van der Waals surface area contributed by atoms with Crippen molar-refractivity contribution >= 4 is 35.9 Å². The highest BCUT2D eigenvalue weighted by atomic mass is 19.4. The number of aliphatic hydroxyl groups excluding tert-OH is 1. The first-order chi connectivity index (χ1) is 24.6. The van der Waals surface area contributed by atoms with Gasteiger partial charge in [-0.3, -0.25) is 15.0 Å². The molecule has 306 valence electrons. The highest BCUT2D eigenvalue weighted by Crippen LogP contribution is 2.41. The Balaban J connectivity index is 3.58. The summed E-state index contributed by atoms with van der Waals surface area (Å²) in [5, 5.41) is 16.5. The molecule has 0 heterocycles. The number of benzene rings is 1. The number of amides is 4. The first-order valence-corrected chi connectivity index (χ1v) is 15.2. The number of aliphatic imine (C=N–C) groups is 1. The molecule has 0 spiro atoms. The third kappa shape index (κ3) is 12.9. The molecule has 0 fully saturated rings. The Hall–Kier alpha value is -4.87. The predicted octanol–water partition coefficient (Wildman–Crippen LogP) is 3.49. The zero-order valence-electron chi connectivity index (χ0n) is 29.4. The van der Waals surface area contributed by atoms with Crippen LogP contribution in [-0.2, 0) is 25.6 Å². The number of aliphatic hydroxyl groups is 1. The van der Waals surface area contributed by atoms with Crippen LogP contribution >= 0.6 is 0 Å². The lowest BCUT2D eigenvalue weighted by molar-refractivity contribution is -0.221. The van der Waals surface area contributed by atoms with E-state index in [1.165, 1.54) is 0 Å². The normalized spacial score (nSPS) is 14.8. The van der Waals surface area contributed by atoms with Crippen molar-refractivity contribution in [3.63, 3.8) is 0 Å². The lowest BCUT2D eigenvalue weighted by Crippen LogP contribution is -2.62. The highest BCUT2D eigenvalue weighted by molar-refractivity contribution is 5.87. The quantitative estimate of drug-likeness (QED) is 0.0628. The summed E-state index contributed by atoms with van der Waals surface area (Å²) in [4.78, 5) is 52.5. The molecule has 1 rings (SSSR count). The monoisotopic (exact) mass is 799 g/mol. The molecule has 0 aliphatic carbocycles. The van der Waals surface area contributed by atoms with Crippen LogP contribution in [0.15, 0.2) is 23.2 Å². The number of rotatable bonds is 16. The number of alkyl carbamates (subject to hydrolysis) is 2. The number of carbonyl (C=O) groups is 4. The lowest BCUT2D eigenvalue weighted by Gasteiger charge is -2.37. The number of hydrazine groups is 1. The van der Waals surface area contributed by atoms with Gasteiger partial charge in [0.25, 0.3) is 5.91 Å². The van der Waals surface area contributed by atoms with Crippen molar-refractivity contribution in [2.45, 2.75) is 71.3 Å². The molecule has 0 aliphatic heterocycles. The van der Waals surface area contributed by atoms with E-state index in [4.69, 9.17) is 5.73 Å². The van der Waals surface area contributed by atoms with Crippen molar-refractivity contribution in [3.05, 3.63) is 41.0 Å². The van der Waals surface area contributed by atoms with Gasteiger partial charge in [0.15, 0.2) is 0 Å². The molecule has 4 amide bonds. The fourth-order valence-corrected chi connectivity index (χ4v) is 4.23. The van der Waals surface area contributed by atoms with E-state index in [0.29, 0.717) is 51.1 Å². The molecule has 0 aliphatic rings. The van der Waals surface area contributed by atoms with Crippen molar-refractivity contribution < 1.29 is 77.7 Å². The molecule has 54 heavy (non-hydrogen) atoms. The molecule has 3 atom stereocenters. The summed E-state index contributed by atoms with van der Waals surface area (Å²) >= 11 is 0. The van der Waals surface area contributed by atoms with Crippen LogP contribution in [0.5, 0.6) is 0 Å². The second-order valence-corrected chi connectivity index (χ2v) is 12.4. The fraction of sp³-hybridized carbons (Fsp3) is 0.567. The Morgan fingerprint density at radius 3 is 1.72 bits per heavy atom. The SMILES string of the molecule is COC(=O)NC(C(=O)NC[C@H](O)CN(Cc1c(F)cc(C(N)=CC=NC(F)F)cc1F)NC(=O)[C@@H](NC(=O)OC)C(C)(C)C(F)(F)F)C(C)(C)C(F)(F)F. The van der Waals surface area contributed by atoms with E-state index in [0.717, 1.165) is 20.3 Å². The smallest absolute Gasteiger partial charge is 0.407 e. The van der Waals surface area contributed by atoms with Crippen LogP contribution in [0, 0.1) is 22.5 Å². The Bertz CT molecular complexity index is 1530. The predicted molar refractivity (Wildman–Crippen MR) is 169 cm³/mol. The van der Waals surface area contributed by atoms with Crippen molar-refractivity contribution in [3.8, 4) is 0 Å². The number of nitrogens with one attached hydrogen (secondary N) is 4. The number of ether oxygens (including phenoxy) is 2. The van der Waals surface area contributed by atoms with E-state index >= 15 is 8.78 Å². The molecular formula is C30H39F10N7O7. The summed E-state index contributed by atoms with van der Waals surface area (Å²) in [6.07, 6.45) is -13.8. The molecule has 1 unspecified atom stereocenters. The molecule has 14 nitrogen and oxygen atoms in total. The molecule has 0 saturated carbocycles. The summed E-state index contributed by atoms with van der Waals surface area (Å²) in [5.41, 5.74) is -0.193. The van der Waals surface area contributed by atoms with Crippen LogP contribution in [-0.4, -0.2) is 105 Å². The lowest BCUT2D eigenvalue weighted by atomic mass is 9.83. The molecule has 0 bridgehead atoms. The number of carbonyl (C=O) groups excluding carboxylic acids is 4. The van der Waals surface area contributed by atoms with Crippen molar-refractivity contribution in [1.82, 2.24) is 26.4 Å². The van der Waals surface area contributed by atoms with E-state index in [2.05, 4.69) is 14.5 Å². The Kier molecular flexibility index (Phi) is 16.5. The minimum Gasteiger partial charge on any atom is -0.453 e. The van der Waals surface area contributed by atoms with Gasteiger partial charge in [0.1, 0.15) is 23.7 Å². The number of hydrogen-bond donors (Lipinski definition) is 6. The van der Waals surface area contributed by atoms with Crippen molar-refractivity contribution in [1.29, 1.82) is 0 Å². The first-order valence-electron chi connectivity index (χ1n) is 15.2. The largest absolute Gasteiger partial charge is 0.453 e. The van der Waals surface area contributed by atoms with Crippen LogP contribution in [0.25, 0.3) is 5.70 Å². The van der Waals surface area contributed by atoms with Gasteiger partial charge in [-0.15, -0.1) is 0 Å². The summed E-state index contributed by atoms with van der Waals surface area (Å²) in [6.45, 7) is -4.07. The zero-order chi connectivity index (χ0) is 42.0. The molecule has 7 N–H and O–H groups in total. The fourth-order valence-electron chi connectivity index (χ4n) is 4.23. The van der Waals surface area contributed by atoms with E-state index in [1.54, 1.807) is 10.6 Å². The Morgan fingerprint density at radius 2 is 1.31 bits per heavy atom. The standard InChI is InChI=1S/C30H39F10N7O7/c1-27(2,29(35,36)37)20(44-25(51)53-5)22(49)43-11-15(48)12-47(46-23(50)21(45-26(52)54-6)28(3,4)30(38,39)40)13-16-17(31)9-14(10-18(16)32)19(41)7-8-42-24(33)34/h7-10,15,20-21,24,48H,11-13,41H2,1-6H3,(H,43,49)(H,44,51)(H,45,52)(H,46,50)/t15-,20?,21+/m0/s1. The van der Waals surface area contributed by atoms with Gasteiger partial charge in [-0.25, -0.2) is 28.4 Å². The van der Waals surface area contributed by atoms with Gasteiger partial charge in [-0.05, 0) is 45.9 Å². The molecular weight excluding hydrogens is 760 g/mol. The summed E-state index contributed by atoms with van der Waals surface area (Å²) < 4.78 is 147. The van der Waals surface area contributed by atoms with Crippen LogP contribution in [0.4, 0.5) is 53.5 Å². The van der Waals surface area contributed by atoms with Gasteiger partial charge < -0.3 is 36.3 Å². The zero-order valence-corrected chi connectivity index (χ0v) is 29.4. The maximum absolute atomic E-state index is 15.3. The third-order valence-electron chi connectivity index (χ3n) is 7.81. The van der Waals surface area contributed by atoms with E-state index in [-0.39, 0.29) is 5.56 Å². The van der Waals surface area contributed by atoms with Gasteiger partial charge in [0.2, 0.25) is 5.91 Å². The number of methoxy groups -OCH3 is 2. The second-order valence-electron chi connectivity index (χ2n) is 12.4. The van der Waals surface area contributed by atoms with Gasteiger partial charge in [-0.1, -0.05) is 0 Å². The maximum Gasteiger partial charge on any atom is 0.407 e. The maximum atomic E-state index is 15.3. The summed E-state index contributed by atoms with van der Waals surface area (Å²) in [7, 11) is 1.57. The number of nitrogens with two attached hydrogens (primary N) is 1. The number of hydrogen-bond acceptors (Lipinski definition) is 10. The average molecular weight is 800 g/mol. The molecule has 24 heteroatoms. The van der Waals surface area contributed by atoms with Crippen LogP contribution in [0.1, 0.15) is 38.8 Å². The van der Waals surface area contributed by atoms with Crippen molar-refractivity contribution in [2.75, 3.05) is 27.3 Å². The van der Waals surface area contributed by atoms with E-state index in [1.807, 2.05) is 10.7 Å². The van der Waals surface area contributed by atoms with Crippen molar-refractivity contribution in [2.24, 2.45) is 21.6 Å². The Morgan fingerprint density at radius 1 is 0.870 bits per heavy atom. The molecule has 0 radical (unpaired) electrons. The highest BCUT2D eigenvalue weighted by Gasteiger charge is 2.57.